The van der Waals surface area contributed by atoms with Crippen molar-refractivity contribution >= 4 is 47.2 Å². The third kappa shape index (κ3) is 11.6. The molecule has 214 valence electrons. The summed E-state index contributed by atoms with van der Waals surface area (Å²) in [5, 5.41) is 32.0. The van der Waals surface area contributed by atoms with Crippen LogP contribution in [0.5, 0.6) is 0 Å². The first-order valence-electron chi connectivity index (χ1n) is 12.2. The second kappa shape index (κ2) is 16.5. The minimum Gasteiger partial charge on any atom is -0.478 e. The average molecular weight is 591 g/mol. The van der Waals surface area contributed by atoms with E-state index in [1.807, 2.05) is 23.9 Å². The topological polar surface area (TPSA) is 156 Å². The summed E-state index contributed by atoms with van der Waals surface area (Å²) >= 11 is 7.87. The Kier molecular flexibility index (Phi) is 13.4. The minimum atomic E-state index is -1.26. The molecule has 1 unspecified atom stereocenters. The first kappa shape index (κ1) is 32.6. The minimum absolute atomic E-state index is 0.558. The van der Waals surface area contributed by atoms with Gasteiger partial charge in [0.05, 0.1) is 0 Å². The van der Waals surface area contributed by atoms with E-state index in [0.29, 0.717) is 30.3 Å². The van der Waals surface area contributed by atoms with E-state index in [-0.39, 0.29) is 0 Å². The number of carboxylic acids is 4. The van der Waals surface area contributed by atoms with Crippen molar-refractivity contribution in [3.8, 4) is 0 Å². The molecule has 1 heterocycles. The molecule has 0 bridgehead atoms. The molecule has 2 aromatic carbocycles. The van der Waals surface area contributed by atoms with Crippen molar-refractivity contribution in [2.24, 2.45) is 0 Å². The Hall–Kier alpha value is -3.64. The summed E-state index contributed by atoms with van der Waals surface area (Å²) in [5.41, 5.74) is 3.11. The summed E-state index contributed by atoms with van der Waals surface area (Å²) in [6.07, 6.45) is 4.69. The van der Waals surface area contributed by atoms with Crippen molar-refractivity contribution in [3.05, 3.63) is 82.9 Å². The van der Waals surface area contributed by atoms with Gasteiger partial charge in [-0.1, -0.05) is 35.5 Å². The Morgan fingerprint density at radius 2 is 1.30 bits per heavy atom. The Morgan fingerprint density at radius 3 is 1.77 bits per heavy atom. The molecule has 0 saturated carbocycles. The molecular weight excluding hydrogens is 560 g/mol. The van der Waals surface area contributed by atoms with Crippen LogP contribution in [0.1, 0.15) is 23.6 Å². The molecule has 0 amide bonds. The molecule has 2 aliphatic rings. The number of halogens is 1. The number of fused-ring (bicyclic) bond motifs is 1. The number of carboxylic acid groups (broad SMARTS) is 4. The molecule has 10 nitrogen and oxygen atoms in total. The van der Waals surface area contributed by atoms with Crippen molar-refractivity contribution in [3.63, 3.8) is 0 Å². The SMILES string of the molecule is CN1CCN(C2CCc3c(Sc4ccc(Cl)cc4)cccc32)CC1.O=C(O)/C=C\C(=O)O.O=C(O)/C=C\C(=O)O. The van der Waals surface area contributed by atoms with Crippen LogP contribution in [0, 0.1) is 0 Å². The molecular formula is C28H31ClN2O8S. The lowest BCUT2D eigenvalue weighted by Crippen LogP contribution is -2.45. The standard InChI is InChI=1S/C20H23ClN2S.2C4H4O4/c1-22-11-13-23(14-12-22)19-10-9-18-17(19)3-2-4-20(18)24-16-7-5-15(21)6-8-16;2*5-3(6)1-2-4(7)8/h2-8,19H,9-14H2,1H3;2*1-2H,(H,5,6)(H,7,8)/b;2*2-1-. The van der Waals surface area contributed by atoms with E-state index in [1.54, 1.807) is 11.1 Å². The highest BCUT2D eigenvalue weighted by molar-refractivity contribution is 7.99. The Bertz CT molecular complexity index is 1180. The van der Waals surface area contributed by atoms with Crippen LogP contribution < -0.4 is 0 Å². The van der Waals surface area contributed by atoms with Crippen LogP contribution in [0.2, 0.25) is 5.02 Å². The van der Waals surface area contributed by atoms with Gasteiger partial charge in [-0.2, -0.15) is 0 Å². The summed E-state index contributed by atoms with van der Waals surface area (Å²) in [7, 11) is 2.22. The predicted octanol–water partition coefficient (Wildman–Crippen LogP) is 4.15. The van der Waals surface area contributed by atoms with E-state index in [9.17, 15) is 19.2 Å². The highest BCUT2D eigenvalue weighted by atomic mass is 35.5. The fourth-order valence-corrected chi connectivity index (χ4v) is 5.26. The fourth-order valence-electron chi connectivity index (χ4n) is 4.12. The number of hydrogen-bond donors (Lipinski definition) is 4. The lowest BCUT2D eigenvalue weighted by Gasteiger charge is -2.36. The van der Waals surface area contributed by atoms with Gasteiger partial charge >= 0.3 is 23.9 Å². The van der Waals surface area contributed by atoms with Gasteiger partial charge in [-0.05, 0) is 61.3 Å². The number of rotatable bonds is 7. The molecule has 1 fully saturated rings. The van der Waals surface area contributed by atoms with E-state index in [4.69, 9.17) is 32.0 Å². The second-order valence-corrected chi connectivity index (χ2v) is 10.3. The van der Waals surface area contributed by atoms with E-state index in [2.05, 4.69) is 47.2 Å². The fraction of sp³-hybridized carbons (Fsp3) is 0.286. The quantitative estimate of drug-likeness (QED) is 0.344. The third-order valence-electron chi connectivity index (χ3n) is 5.95. The smallest absolute Gasteiger partial charge is 0.328 e. The van der Waals surface area contributed by atoms with Gasteiger partial charge in [0.15, 0.2) is 0 Å². The van der Waals surface area contributed by atoms with Gasteiger partial charge in [0.2, 0.25) is 0 Å². The monoisotopic (exact) mass is 590 g/mol. The van der Waals surface area contributed by atoms with Gasteiger partial charge in [-0.15, -0.1) is 0 Å². The second-order valence-electron chi connectivity index (χ2n) is 8.79. The number of aliphatic carboxylic acids is 4. The van der Waals surface area contributed by atoms with Crippen LogP contribution in [0.15, 0.2) is 76.6 Å². The van der Waals surface area contributed by atoms with E-state index in [0.717, 1.165) is 5.02 Å². The lowest BCUT2D eigenvalue weighted by atomic mass is 10.1. The maximum atomic E-state index is 9.55. The lowest BCUT2D eigenvalue weighted by molar-refractivity contribution is -0.134. The predicted molar refractivity (Wildman–Crippen MR) is 151 cm³/mol. The zero-order valence-electron chi connectivity index (χ0n) is 21.8. The summed E-state index contributed by atoms with van der Waals surface area (Å²) in [6, 6.07) is 15.6. The number of benzene rings is 2. The Morgan fingerprint density at radius 1 is 0.800 bits per heavy atom. The van der Waals surface area contributed by atoms with Gasteiger partial charge in [0.25, 0.3) is 0 Å². The summed E-state index contributed by atoms with van der Waals surface area (Å²) in [4.78, 5) is 46.0. The zero-order valence-corrected chi connectivity index (χ0v) is 23.3. The van der Waals surface area contributed by atoms with E-state index >= 15 is 0 Å². The number of hydrogen-bond acceptors (Lipinski definition) is 7. The van der Waals surface area contributed by atoms with Gasteiger partial charge in [-0.3, -0.25) is 4.90 Å². The molecule has 4 rings (SSSR count). The van der Waals surface area contributed by atoms with Crippen molar-refractivity contribution < 1.29 is 39.6 Å². The average Bonchev–Trinajstić information content (AvgIpc) is 3.34. The molecule has 1 saturated heterocycles. The van der Waals surface area contributed by atoms with Crippen molar-refractivity contribution in [2.75, 3.05) is 33.2 Å². The molecule has 0 aromatic heterocycles. The molecule has 0 radical (unpaired) electrons. The molecule has 2 aromatic rings. The molecule has 1 aliphatic heterocycles. The highest BCUT2D eigenvalue weighted by Crippen LogP contribution is 2.42. The van der Waals surface area contributed by atoms with Crippen LogP contribution >= 0.6 is 23.4 Å². The van der Waals surface area contributed by atoms with Crippen LogP contribution in [-0.2, 0) is 25.6 Å². The Balaban J connectivity index is 0.000000290. The van der Waals surface area contributed by atoms with Crippen molar-refractivity contribution in [2.45, 2.75) is 28.7 Å². The summed E-state index contributed by atoms with van der Waals surface area (Å²) < 4.78 is 0. The van der Waals surface area contributed by atoms with Gasteiger partial charge in [-0.25, -0.2) is 19.2 Å². The summed E-state index contributed by atoms with van der Waals surface area (Å²) in [6.45, 7) is 4.75. The van der Waals surface area contributed by atoms with Crippen molar-refractivity contribution in [1.82, 2.24) is 9.80 Å². The highest BCUT2D eigenvalue weighted by Gasteiger charge is 2.30. The van der Waals surface area contributed by atoms with Gasteiger partial charge in [0, 0.05) is 71.3 Å². The van der Waals surface area contributed by atoms with Gasteiger partial charge in [0.1, 0.15) is 0 Å². The zero-order chi connectivity index (χ0) is 29.7. The molecule has 4 N–H and O–H groups in total. The molecule has 40 heavy (non-hydrogen) atoms. The largest absolute Gasteiger partial charge is 0.478 e. The van der Waals surface area contributed by atoms with E-state index < -0.39 is 23.9 Å². The van der Waals surface area contributed by atoms with Crippen LogP contribution in [0.3, 0.4) is 0 Å². The number of piperazine rings is 1. The van der Waals surface area contributed by atoms with Crippen LogP contribution in [-0.4, -0.2) is 87.3 Å². The summed E-state index contributed by atoms with van der Waals surface area (Å²) in [5.74, 6) is -5.03. The first-order valence-corrected chi connectivity index (χ1v) is 13.4. The normalized spacial score (nSPS) is 16.9. The number of carbonyl (C=O) groups is 4. The van der Waals surface area contributed by atoms with Gasteiger partial charge < -0.3 is 25.3 Å². The first-order chi connectivity index (χ1) is 19.0. The van der Waals surface area contributed by atoms with Crippen LogP contribution in [0.4, 0.5) is 0 Å². The molecule has 1 atom stereocenters. The maximum Gasteiger partial charge on any atom is 0.328 e. The molecule has 1 aliphatic carbocycles. The molecule has 12 heteroatoms. The van der Waals surface area contributed by atoms with Crippen molar-refractivity contribution in [1.29, 1.82) is 0 Å². The number of likely N-dealkylation sites (N-methyl/N-ethyl adjacent to an activating group) is 1. The molecule has 0 spiro atoms. The number of nitrogens with zero attached hydrogens (tertiary/aromatic N) is 2. The van der Waals surface area contributed by atoms with E-state index in [1.165, 1.54) is 48.8 Å². The Labute approximate surface area is 241 Å². The maximum absolute atomic E-state index is 9.55. The third-order valence-corrected chi connectivity index (χ3v) is 7.32. The van der Waals surface area contributed by atoms with Crippen LogP contribution in [0.25, 0.3) is 0 Å².